The summed E-state index contributed by atoms with van der Waals surface area (Å²) in [6.45, 7) is 10.5. The van der Waals surface area contributed by atoms with E-state index in [1.807, 2.05) is 13.8 Å². The maximum Gasteiger partial charge on any atom is 0.242 e. The highest BCUT2D eigenvalue weighted by Crippen LogP contribution is 2.02. The average Bonchev–Trinajstić information content (AvgIpc) is 2.25. The molecule has 0 radical (unpaired) electrons. The Labute approximate surface area is 104 Å². The Morgan fingerprint density at radius 2 is 1.82 bits per heavy atom. The summed E-state index contributed by atoms with van der Waals surface area (Å²) in [5, 5.41) is 8.51. The van der Waals surface area contributed by atoms with Gasteiger partial charge in [0.2, 0.25) is 11.8 Å². The van der Waals surface area contributed by atoms with Crippen LogP contribution in [0.3, 0.4) is 0 Å². The second-order valence-corrected chi connectivity index (χ2v) is 4.64. The second-order valence-electron chi connectivity index (χ2n) is 4.64. The maximum atomic E-state index is 11.9. The number of likely N-dealkylation sites (N-methyl/N-ethyl adjacent to an activating group) is 1. The Balaban J connectivity index is 4.23. The molecule has 0 fully saturated rings. The molecule has 0 saturated carbocycles. The van der Waals surface area contributed by atoms with Crippen molar-refractivity contribution in [3.8, 4) is 0 Å². The van der Waals surface area contributed by atoms with Gasteiger partial charge in [-0.2, -0.15) is 0 Å². The summed E-state index contributed by atoms with van der Waals surface area (Å²) in [4.78, 5) is 23.5. The molecule has 1 atom stereocenters. The van der Waals surface area contributed by atoms with Gasteiger partial charge < -0.3 is 16.0 Å². The SMILES string of the molecule is CCCNC(=O)C(C)NC(=O)C(C)(C)NCC. The van der Waals surface area contributed by atoms with Crippen molar-refractivity contribution in [3.05, 3.63) is 0 Å². The van der Waals surface area contributed by atoms with Crippen LogP contribution in [0, 0.1) is 0 Å². The zero-order chi connectivity index (χ0) is 13.5. The summed E-state index contributed by atoms with van der Waals surface area (Å²) in [5.74, 6) is -0.314. The van der Waals surface area contributed by atoms with Gasteiger partial charge in [0.05, 0.1) is 5.54 Å². The van der Waals surface area contributed by atoms with E-state index in [0.717, 1.165) is 6.42 Å². The minimum absolute atomic E-state index is 0.146. The van der Waals surface area contributed by atoms with E-state index in [1.165, 1.54) is 0 Å². The molecule has 0 spiro atoms. The standard InChI is InChI=1S/C12H25N3O2/c1-6-8-13-10(16)9(3)15-11(17)12(4,5)14-7-2/h9,14H,6-8H2,1-5H3,(H,13,16)(H,15,17). The van der Waals surface area contributed by atoms with E-state index in [1.54, 1.807) is 20.8 Å². The molecule has 0 heterocycles. The molecule has 0 saturated heterocycles. The molecule has 100 valence electrons. The van der Waals surface area contributed by atoms with Crippen molar-refractivity contribution in [2.45, 2.75) is 52.6 Å². The summed E-state index contributed by atoms with van der Waals surface area (Å²) < 4.78 is 0. The van der Waals surface area contributed by atoms with Crippen LogP contribution in [0.15, 0.2) is 0 Å². The zero-order valence-electron chi connectivity index (χ0n) is 11.5. The molecular weight excluding hydrogens is 218 g/mol. The normalized spacial score (nSPS) is 13.0. The summed E-state index contributed by atoms with van der Waals surface area (Å²) in [6, 6.07) is -0.507. The number of hydrogen-bond acceptors (Lipinski definition) is 3. The third kappa shape index (κ3) is 5.68. The fourth-order valence-electron chi connectivity index (χ4n) is 1.37. The van der Waals surface area contributed by atoms with Crippen molar-refractivity contribution in [2.24, 2.45) is 0 Å². The minimum Gasteiger partial charge on any atom is -0.354 e. The molecule has 0 aromatic heterocycles. The monoisotopic (exact) mass is 243 g/mol. The van der Waals surface area contributed by atoms with E-state index in [0.29, 0.717) is 13.1 Å². The van der Waals surface area contributed by atoms with Crippen molar-refractivity contribution in [2.75, 3.05) is 13.1 Å². The smallest absolute Gasteiger partial charge is 0.242 e. The lowest BCUT2D eigenvalue weighted by molar-refractivity contribution is -0.131. The van der Waals surface area contributed by atoms with E-state index in [9.17, 15) is 9.59 Å². The molecule has 0 rings (SSSR count). The van der Waals surface area contributed by atoms with Gasteiger partial charge in [0.15, 0.2) is 0 Å². The topological polar surface area (TPSA) is 70.2 Å². The van der Waals surface area contributed by atoms with Gasteiger partial charge in [-0.05, 0) is 33.7 Å². The van der Waals surface area contributed by atoms with Crippen molar-refractivity contribution in [1.29, 1.82) is 0 Å². The first-order valence-electron chi connectivity index (χ1n) is 6.18. The molecule has 5 nitrogen and oxygen atoms in total. The van der Waals surface area contributed by atoms with Crippen LogP contribution in [0.1, 0.15) is 41.0 Å². The van der Waals surface area contributed by atoms with Crippen LogP contribution >= 0.6 is 0 Å². The molecule has 0 aromatic carbocycles. The average molecular weight is 243 g/mol. The Bertz CT molecular complexity index is 264. The summed E-state index contributed by atoms with van der Waals surface area (Å²) in [6.07, 6.45) is 0.884. The fourth-order valence-corrected chi connectivity index (χ4v) is 1.37. The molecule has 17 heavy (non-hydrogen) atoms. The van der Waals surface area contributed by atoms with Crippen molar-refractivity contribution < 1.29 is 9.59 Å². The Morgan fingerprint density at radius 1 is 1.24 bits per heavy atom. The van der Waals surface area contributed by atoms with E-state index in [4.69, 9.17) is 0 Å². The van der Waals surface area contributed by atoms with Gasteiger partial charge in [0.1, 0.15) is 6.04 Å². The van der Waals surface area contributed by atoms with Crippen LogP contribution in [-0.4, -0.2) is 36.5 Å². The van der Waals surface area contributed by atoms with E-state index < -0.39 is 11.6 Å². The fraction of sp³-hybridized carbons (Fsp3) is 0.833. The van der Waals surface area contributed by atoms with Crippen LogP contribution in [0.4, 0.5) is 0 Å². The molecule has 0 bridgehead atoms. The number of carbonyl (C=O) groups is 2. The van der Waals surface area contributed by atoms with Gasteiger partial charge in [0.25, 0.3) is 0 Å². The highest BCUT2D eigenvalue weighted by atomic mass is 16.2. The van der Waals surface area contributed by atoms with E-state index in [2.05, 4.69) is 16.0 Å². The lowest BCUT2D eigenvalue weighted by Gasteiger charge is -2.26. The highest BCUT2D eigenvalue weighted by molar-refractivity contribution is 5.91. The predicted octanol–water partition coefficient (Wildman–Crippen LogP) is 0.405. The highest BCUT2D eigenvalue weighted by Gasteiger charge is 2.28. The van der Waals surface area contributed by atoms with Crippen LogP contribution in [-0.2, 0) is 9.59 Å². The number of rotatable bonds is 7. The Morgan fingerprint density at radius 3 is 2.29 bits per heavy atom. The third-order valence-electron chi connectivity index (χ3n) is 2.48. The maximum absolute atomic E-state index is 11.9. The molecule has 0 aliphatic rings. The van der Waals surface area contributed by atoms with E-state index >= 15 is 0 Å². The summed E-state index contributed by atoms with van der Waals surface area (Å²) >= 11 is 0. The van der Waals surface area contributed by atoms with Crippen molar-refractivity contribution in [3.63, 3.8) is 0 Å². The quantitative estimate of drug-likeness (QED) is 0.606. The first-order chi connectivity index (χ1) is 7.85. The Kier molecular flexibility index (Phi) is 6.80. The molecule has 5 heteroatoms. The minimum atomic E-state index is -0.659. The van der Waals surface area contributed by atoms with Crippen LogP contribution in [0.5, 0.6) is 0 Å². The number of amides is 2. The lowest BCUT2D eigenvalue weighted by atomic mass is 10.0. The largest absolute Gasteiger partial charge is 0.354 e. The Hall–Kier alpha value is -1.10. The first kappa shape index (κ1) is 15.9. The molecule has 0 aliphatic heterocycles. The third-order valence-corrected chi connectivity index (χ3v) is 2.48. The number of carbonyl (C=O) groups excluding carboxylic acids is 2. The predicted molar refractivity (Wildman–Crippen MR) is 68.7 cm³/mol. The van der Waals surface area contributed by atoms with Crippen LogP contribution < -0.4 is 16.0 Å². The summed E-state index contributed by atoms with van der Waals surface area (Å²) in [7, 11) is 0. The molecule has 1 unspecified atom stereocenters. The summed E-state index contributed by atoms with van der Waals surface area (Å²) in [5.41, 5.74) is -0.659. The molecular formula is C12H25N3O2. The van der Waals surface area contributed by atoms with E-state index in [-0.39, 0.29) is 11.8 Å². The van der Waals surface area contributed by atoms with Gasteiger partial charge in [-0.15, -0.1) is 0 Å². The number of hydrogen-bond donors (Lipinski definition) is 3. The lowest BCUT2D eigenvalue weighted by Crippen LogP contribution is -2.56. The van der Waals surface area contributed by atoms with Gasteiger partial charge >= 0.3 is 0 Å². The van der Waals surface area contributed by atoms with Gasteiger partial charge in [-0.1, -0.05) is 13.8 Å². The first-order valence-corrected chi connectivity index (χ1v) is 6.18. The molecule has 0 aliphatic carbocycles. The number of nitrogens with one attached hydrogen (secondary N) is 3. The van der Waals surface area contributed by atoms with Gasteiger partial charge in [-0.25, -0.2) is 0 Å². The van der Waals surface area contributed by atoms with Crippen LogP contribution in [0.25, 0.3) is 0 Å². The van der Waals surface area contributed by atoms with Gasteiger partial charge in [-0.3, -0.25) is 9.59 Å². The molecule has 0 aromatic rings. The molecule has 2 amide bonds. The van der Waals surface area contributed by atoms with Crippen LogP contribution in [0.2, 0.25) is 0 Å². The van der Waals surface area contributed by atoms with Crippen molar-refractivity contribution in [1.82, 2.24) is 16.0 Å². The van der Waals surface area contributed by atoms with Crippen molar-refractivity contribution >= 4 is 11.8 Å². The molecule has 3 N–H and O–H groups in total. The zero-order valence-corrected chi connectivity index (χ0v) is 11.5. The second kappa shape index (κ2) is 7.27. The van der Waals surface area contributed by atoms with Gasteiger partial charge in [0, 0.05) is 6.54 Å².